The molecule has 2 rings (SSSR count). The second-order valence-corrected chi connectivity index (χ2v) is 3.93. The minimum absolute atomic E-state index is 0.433. The predicted octanol–water partition coefficient (Wildman–Crippen LogP) is 1.76. The fraction of sp³-hybridized carbons (Fsp3) is 0.250. The van der Waals surface area contributed by atoms with Crippen LogP contribution in [0, 0.1) is 6.92 Å². The highest BCUT2D eigenvalue weighted by Crippen LogP contribution is 2.17. The average Bonchev–Trinajstić information content (AvgIpc) is 2.76. The van der Waals surface area contributed by atoms with E-state index in [-0.39, 0.29) is 0 Å². The van der Waals surface area contributed by atoms with Crippen molar-refractivity contribution in [3.8, 4) is 5.69 Å². The Morgan fingerprint density at radius 2 is 2.24 bits per heavy atom. The van der Waals surface area contributed by atoms with Crippen LogP contribution in [-0.4, -0.2) is 25.8 Å². The Balaban J connectivity index is 2.47. The van der Waals surface area contributed by atoms with Crippen LogP contribution < -0.4 is 0 Å². The van der Waals surface area contributed by atoms with Crippen molar-refractivity contribution in [1.29, 1.82) is 0 Å². The van der Waals surface area contributed by atoms with Gasteiger partial charge in [0.2, 0.25) is 0 Å². The molecule has 1 aromatic carbocycles. The topological polar surface area (TPSA) is 68.0 Å². The van der Waals surface area contributed by atoms with E-state index in [1.807, 2.05) is 31.2 Å². The maximum absolute atomic E-state index is 11.0. The molecule has 5 heteroatoms. The third-order valence-electron chi connectivity index (χ3n) is 2.58. The molecule has 0 saturated heterocycles. The summed E-state index contributed by atoms with van der Waals surface area (Å²) in [6, 6.07) is 7.69. The Bertz CT molecular complexity index is 548. The molecule has 0 fully saturated rings. The number of carboxylic acids is 1. The molecule has 1 aromatic heterocycles. The van der Waals surface area contributed by atoms with Crippen LogP contribution in [0.25, 0.3) is 5.69 Å². The van der Waals surface area contributed by atoms with Crippen LogP contribution in [0.2, 0.25) is 0 Å². The first kappa shape index (κ1) is 11.3. The lowest BCUT2D eigenvalue weighted by Gasteiger charge is -2.09. The quantitative estimate of drug-likeness (QED) is 0.874. The zero-order chi connectivity index (χ0) is 12.4. The van der Waals surface area contributed by atoms with Gasteiger partial charge in [0.1, 0.15) is 18.1 Å². The van der Waals surface area contributed by atoms with Crippen molar-refractivity contribution in [2.45, 2.75) is 19.8 Å². The van der Waals surface area contributed by atoms with Gasteiger partial charge in [0.15, 0.2) is 0 Å². The van der Waals surface area contributed by atoms with Gasteiger partial charge in [-0.2, -0.15) is 5.10 Å². The zero-order valence-electron chi connectivity index (χ0n) is 9.66. The maximum atomic E-state index is 11.0. The molecule has 1 atom stereocenters. The van der Waals surface area contributed by atoms with Crippen molar-refractivity contribution in [2.75, 3.05) is 0 Å². The van der Waals surface area contributed by atoms with E-state index in [1.165, 1.54) is 6.33 Å². The van der Waals surface area contributed by atoms with Crippen molar-refractivity contribution >= 4 is 5.97 Å². The summed E-state index contributed by atoms with van der Waals surface area (Å²) in [5, 5.41) is 13.1. The van der Waals surface area contributed by atoms with Crippen LogP contribution in [0.5, 0.6) is 0 Å². The molecule has 5 nitrogen and oxygen atoms in total. The summed E-state index contributed by atoms with van der Waals surface area (Å²) >= 11 is 0. The van der Waals surface area contributed by atoms with Crippen LogP contribution in [0.3, 0.4) is 0 Å². The number of hydrogen-bond donors (Lipinski definition) is 1. The number of hydrogen-bond acceptors (Lipinski definition) is 3. The van der Waals surface area contributed by atoms with Crippen LogP contribution >= 0.6 is 0 Å². The van der Waals surface area contributed by atoms with Crippen molar-refractivity contribution in [2.24, 2.45) is 0 Å². The summed E-state index contributed by atoms with van der Waals surface area (Å²) in [6.45, 7) is 3.57. The van der Waals surface area contributed by atoms with Gasteiger partial charge in [-0.05, 0) is 31.5 Å². The fourth-order valence-corrected chi connectivity index (χ4v) is 1.61. The van der Waals surface area contributed by atoms with E-state index in [0.29, 0.717) is 5.82 Å². The average molecular weight is 231 g/mol. The third kappa shape index (κ3) is 2.18. The summed E-state index contributed by atoms with van der Waals surface area (Å²) < 4.78 is 1.56. The van der Waals surface area contributed by atoms with Gasteiger partial charge < -0.3 is 5.11 Å². The van der Waals surface area contributed by atoms with Crippen molar-refractivity contribution in [3.05, 3.63) is 42.0 Å². The highest BCUT2D eigenvalue weighted by Gasteiger charge is 2.20. The Morgan fingerprint density at radius 1 is 1.47 bits per heavy atom. The highest BCUT2D eigenvalue weighted by atomic mass is 16.4. The Morgan fingerprint density at radius 3 is 2.88 bits per heavy atom. The fourth-order valence-electron chi connectivity index (χ4n) is 1.61. The van der Waals surface area contributed by atoms with Crippen LogP contribution in [0.4, 0.5) is 0 Å². The molecule has 0 saturated carbocycles. The third-order valence-corrected chi connectivity index (χ3v) is 2.58. The van der Waals surface area contributed by atoms with E-state index in [1.54, 1.807) is 11.6 Å². The largest absolute Gasteiger partial charge is 0.481 e. The molecule has 1 unspecified atom stereocenters. The van der Waals surface area contributed by atoms with Gasteiger partial charge in [-0.25, -0.2) is 9.67 Å². The minimum Gasteiger partial charge on any atom is -0.481 e. The lowest BCUT2D eigenvalue weighted by atomic mass is 10.1. The molecule has 0 bridgehead atoms. The van der Waals surface area contributed by atoms with E-state index >= 15 is 0 Å². The molecule has 0 aliphatic carbocycles. The number of rotatable bonds is 3. The van der Waals surface area contributed by atoms with Gasteiger partial charge in [-0.3, -0.25) is 4.79 Å². The van der Waals surface area contributed by atoms with E-state index < -0.39 is 11.9 Å². The molecule has 2 aromatic rings. The molecule has 88 valence electrons. The first-order valence-corrected chi connectivity index (χ1v) is 5.29. The molecule has 0 aliphatic rings. The van der Waals surface area contributed by atoms with Crippen LogP contribution in [-0.2, 0) is 4.79 Å². The summed E-state index contributed by atoms with van der Waals surface area (Å²) in [4.78, 5) is 15.0. The molecule has 0 aliphatic heterocycles. The number of carboxylic acid groups (broad SMARTS) is 1. The first-order chi connectivity index (χ1) is 8.09. The molecule has 0 radical (unpaired) electrons. The standard InChI is InChI=1S/C12H13N3O2/c1-8-4-3-5-10(6-8)15-11(13-7-14-15)9(2)12(16)17/h3-7,9H,1-2H3,(H,16,17). The van der Waals surface area contributed by atoms with E-state index in [2.05, 4.69) is 10.1 Å². The smallest absolute Gasteiger partial charge is 0.313 e. The predicted molar refractivity (Wildman–Crippen MR) is 62.1 cm³/mol. The molecule has 0 spiro atoms. The number of nitrogens with zero attached hydrogens (tertiary/aromatic N) is 3. The number of aliphatic carboxylic acids is 1. The van der Waals surface area contributed by atoms with Gasteiger partial charge in [0, 0.05) is 0 Å². The SMILES string of the molecule is Cc1cccc(-n2ncnc2C(C)C(=O)O)c1. The Kier molecular flexibility index (Phi) is 2.91. The Hall–Kier alpha value is -2.17. The number of aryl methyl sites for hydroxylation is 1. The molecule has 1 heterocycles. The summed E-state index contributed by atoms with van der Waals surface area (Å²) in [6.07, 6.45) is 1.37. The number of aromatic nitrogens is 3. The highest BCUT2D eigenvalue weighted by molar-refractivity contribution is 5.74. The van der Waals surface area contributed by atoms with Gasteiger partial charge in [0.05, 0.1) is 5.69 Å². The lowest BCUT2D eigenvalue weighted by molar-refractivity contribution is -0.138. The van der Waals surface area contributed by atoms with E-state index in [0.717, 1.165) is 11.3 Å². The van der Waals surface area contributed by atoms with Crippen molar-refractivity contribution in [3.63, 3.8) is 0 Å². The van der Waals surface area contributed by atoms with Crippen LogP contribution in [0.1, 0.15) is 24.2 Å². The molecular formula is C12H13N3O2. The van der Waals surface area contributed by atoms with Crippen LogP contribution in [0.15, 0.2) is 30.6 Å². The van der Waals surface area contributed by atoms with Crippen molar-refractivity contribution < 1.29 is 9.90 Å². The normalized spacial score (nSPS) is 12.4. The lowest BCUT2D eigenvalue weighted by Crippen LogP contribution is -2.14. The van der Waals surface area contributed by atoms with E-state index in [9.17, 15) is 4.79 Å². The van der Waals surface area contributed by atoms with Gasteiger partial charge in [-0.1, -0.05) is 12.1 Å². The molecular weight excluding hydrogens is 218 g/mol. The van der Waals surface area contributed by atoms with Gasteiger partial charge in [0.25, 0.3) is 0 Å². The van der Waals surface area contributed by atoms with Gasteiger partial charge in [-0.15, -0.1) is 0 Å². The van der Waals surface area contributed by atoms with Crippen molar-refractivity contribution in [1.82, 2.24) is 14.8 Å². The maximum Gasteiger partial charge on any atom is 0.313 e. The molecule has 1 N–H and O–H groups in total. The van der Waals surface area contributed by atoms with Gasteiger partial charge >= 0.3 is 5.97 Å². The Labute approximate surface area is 98.7 Å². The van der Waals surface area contributed by atoms with E-state index in [4.69, 9.17) is 5.11 Å². The minimum atomic E-state index is -0.910. The number of carbonyl (C=O) groups is 1. The summed E-state index contributed by atoms with van der Waals surface area (Å²) in [5.74, 6) is -1.16. The zero-order valence-corrected chi connectivity index (χ0v) is 9.66. The second-order valence-electron chi connectivity index (χ2n) is 3.93. The first-order valence-electron chi connectivity index (χ1n) is 5.29. The summed E-state index contributed by atoms with van der Waals surface area (Å²) in [7, 11) is 0. The second kappa shape index (κ2) is 4.37. The number of benzene rings is 1. The molecule has 17 heavy (non-hydrogen) atoms. The monoisotopic (exact) mass is 231 g/mol. The summed E-state index contributed by atoms with van der Waals surface area (Å²) in [5.41, 5.74) is 1.91. The molecule has 0 amide bonds.